The molecule has 1 unspecified atom stereocenters. The van der Waals surface area contributed by atoms with Crippen LogP contribution in [0.5, 0.6) is 0 Å². The molecular formula is C23H23NO4S2. The molecular weight excluding hydrogens is 418 g/mol. The predicted octanol–water partition coefficient (Wildman–Crippen LogP) is 4.50. The number of carbonyl (C=O) groups excluding carboxylic acids is 3. The van der Waals surface area contributed by atoms with Crippen LogP contribution in [-0.4, -0.2) is 41.8 Å². The molecule has 4 rings (SSSR count). The molecule has 5 nitrogen and oxygen atoms in total. The Bertz CT molecular complexity index is 983. The predicted molar refractivity (Wildman–Crippen MR) is 121 cm³/mol. The van der Waals surface area contributed by atoms with Gasteiger partial charge in [0.25, 0.3) is 0 Å². The lowest BCUT2D eigenvalue weighted by molar-refractivity contribution is -0.116. The zero-order valence-corrected chi connectivity index (χ0v) is 18.6. The Morgan fingerprint density at radius 1 is 1.03 bits per heavy atom. The number of esters is 1. The van der Waals surface area contributed by atoms with Crippen molar-refractivity contribution in [1.29, 1.82) is 0 Å². The Hall–Kier alpha value is -2.25. The number of amides is 1. The van der Waals surface area contributed by atoms with Gasteiger partial charge in [-0.1, -0.05) is 12.1 Å². The maximum atomic E-state index is 12.8. The number of hydrogen-bond acceptors (Lipinski definition) is 6. The third-order valence-electron chi connectivity index (χ3n) is 5.33. The largest absolute Gasteiger partial charge is 0.451 e. The van der Waals surface area contributed by atoms with Crippen LogP contribution in [0, 0.1) is 0 Å². The summed E-state index contributed by atoms with van der Waals surface area (Å²) in [5, 5.41) is 0. The van der Waals surface area contributed by atoms with Crippen LogP contribution in [0.3, 0.4) is 0 Å². The summed E-state index contributed by atoms with van der Waals surface area (Å²) in [5.41, 5.74) is 3.94. The van der Waals surface area contributed by atoms with E-state index in [1.54, 1.807) is 42.2 Å². The maximum Gasteiger partial charge on any atom is 0.338 e. The van der Waals surface area contributed by atoms with Crippen molar-refractivity contribution in [3.8, 4) is 0 Å². The average molecular weight is 442 g/mol. The second-order valence-electron chi connectivity index (χ2n) is 7.37. The van der Waals surface area contributed by atoms with Gasteiger partial charge in [-0.05, 0) is 54.8 Å². The average Bonchev–Trinajstić information content (AvgIpc) is 3.42. The number of rotatable bonds is 5. The fourth-order valence-electron chi connectivity index (χ4n) is 3.73. The summed E-state index contributed by atoms with van der Waals surface area (Å²) < 4.78 is 5.86. The van der Waals surface area contributed by atoms with Gasteiger partial charge in [0.15, 0.2) is 6.10 Å². The van der Waals surface area contributed by atoms with Gasteiger partial charge in [-0.2, -0.15) is 0 Å². The molecule has 0 N–H and O–H groups in total. The Labute approximate surface area is 184 Å². The Balaban J connectivity index is 1.41. The van der Waals surface area contributed by atoms with Crippen LogP contribution in [0.25, 0.3) is 0 Å². The number of Topliss-reactive ketones (excluding diaryl/α,β-unsaturated/α-hetero) is 1. The lowest BCUT2D eigenvalue weighted by Crippen LogP contribution is -2.26. The molecule has 1 amide bonds. The molecule has 1 saturated heterocycles. The summed E-state index contributed by atoms with van der Waals surface area (Å²) in [5.74, 6) is 1.54. The van der Waals surface area contributed by atoms with Crippen LogP contribution < -0.4 is 4.90 Å². The number of fused-ring (bicyclic) bond motifs is 1. The second kappa shape index (κ2) is 8.86. The minimum Gasteiger partial charge on any atom is -0.451 e. The summed E-state index contributed by atoms with van der Waals surface area (Å²) in [7, 11) is 0. The van der Waals surface area contributed by atoms with Crippen molar-refractivity contribution in [2.45, 2.75) is 31.0 Å². The van der Waals surface area contributed by atoms with E-state index in [2.05, 4.69) is 0 Å². The van der Waals surface area contributed by atoms with Gasteiger partial charge in [-0.15, -0.1) is 23.5 Å². The number of benzene rings is 2. The first-order valence-electron chi connectivity index (χ1n) is 9.93. The van der Waals surface area contributed by atoms with Crippen molar-refractivity contribution in [3.05, 3.63) is 64.7 Å². The van der Waals surface area contributed by atoms with E-state index in [4.69, 9.17) is 4.74 Å². The molecule has 2 aliphatic rings. The molecule has 0 aliphatic carbocycles. The van der Waals surface area contributed by atoms with Crippen LogP contribution in [0.2, 0.25) is 0 Å². The molecule has 2 aromatic rings. The normalized spacial score (nSPS) is 16.9. The minimum atomic E-state index is -0.888. The topological polar surface area (TPSA) is 63.7 Å². The number of anilines is 1. The van der Waals surface area contributed by atoms with Gasteiger partial charge < -0.3 is 9.64 Å². The molecule has 156 valence electrons. The molecule has 1 fully saturated rings. The van der Waals surface area contributed by atoms with Crippen molar-refractivity contribution in [1.82, 2.24) is 0 Å². The highest BCUT2D eigenvalue weighted by Crippen LogP contribution is 2.45. The zero-order valence-electron chi connectivity index (χ0n) is 16.9. The summed E-state index contributed by atoms with van der Waals surface area (Å²) in [6.07, 6.45) is -0.171. The van der Waals surface area contributed by atoms with Crippen molar-refractivity contribution in [2.24, 2.45) is 0 Å². The van der Waals surface area contributed by atoms with Gasteiger partial charge in [0.05, 0.1) is 10.1 Å². The highest BCUT2D eigenvalue weighted by atomic mass is 32.2. The fourth-order valence-corrected chi connectivity index (χ4v) is 6.59. The van der Waals surface area contributed by atoms with E-state index in [0.29, 0.717) is 28.7 Å². The molecule has 2 aromatic carbocycles. The van der Waals surface area contributed by atoms with Crippen LogP contribution in [0.15, 0.2) is 42.5 Å². The van der Waals surface area contributed by atoms with Gasteiger partial charge in [0, 0.05) is 36.2 Å². The van der Waals surface area contributed by atoms with Crippen LogP contribution in [0.4, 0.5) is 5.69 Å². The highest BCUT2D eigenvalue weighted by Gasteiger charge is 2.26. The Kier molecular flexibility index (Phi) is 6.20. The van der Waals surface area contributed by atoms with Crippen LogP contribution in [-0.2, 0) is 16.0 Å². The summed E-state index contributed by atoms with van der Waals surface area (Å²) in [6.45, 7) is 3.75. The molecule has 2 aliphatic heterocycles. The van der Waals surface area contributed by atoms with Gasteiger partial charge in [-0.3, -0.25) is 9.59 Å². The number of hydrogen-bond donors (Lipinski definition) is 0. The third-order valence-corrected chi connectivity index (χ3v) is 8.44. The quantitative estimate of drug-likeness (QED) is 0.503. The van der Waals surface area contributed by atoms with Crippen molar-refractivity contribution < 1.29 is 19.1 Å². The van der Waals surface area contributed by atoms with E-state index in [0.717, 1.165) is 22.8 Å². The van der Waals surface area contributed by atoms with Gasteiger partial charge in [0.2, 0.25) is 11.7 Å². The monoisotopic (exact) mass is 441 g/mol. The Morgan fingerprint density at radius 2 is 1.70 bits per heavy atom. The Morgan fingerprint density at radius 3 is 2.37 bits per heavy atom. The molecule has 0 saturated carbocycles. The van der Waals surface area contributed by atoms with E-state index in [1.807, 2.05) is 35.7 Å². The maximum absolute atomic E-state index is 12.8. The lowest BCUT2D eigenvalue weighted by atomic mass is 10.0. The molecule has 0 aromatic heterocycles. The standard InChI is InChI=1S/C23H23NO4S2/c1-14(21(26)19-7-8-20-18(13-19)9-10-24(20)15(2)25)28-22(27)16-3-5-17(6-4-16)23-29-11-12-30-23/h3-8,13-14,23H,9-12H2,1-2H3. The lowest BCUT2D eigenvalue weighted by Gasteiger charge is -2.16. The molecule has 30 heavy (non-hydrogen) atoms. The van der Waals surface area contributed by atoms with Crippen LogP contribution in [0.1, 0.15) is 50.3 Å². The first kappa shape index (κ1) is 21.0. The van der Waals surface area contributed by atoms with Gasteiger partial charge >= 0.3 is 5.97 Å². The molecule has 0 spiro atoms. The van der Waals surface area contributed by atoms with Crippen LogP contribution >= 0.6 is 23.5 Å². The smallest absolute Gasteiger partial charge is 0.338 e. The fraction of sp³-hybridized carbons (Fsp3) is 0.348. The number of carbonyl (C=O) groups is 3. The third kappa shape index (κ3) is 4.27. The van der Waals surface area contributed by atoms with Gasteiger partial charge in [-0.25, -0.2) is 4.79 Å². The van der Waals surface area contributed by atoms with Gasteiger partial charge in [0.1, 0.15) is 0 Å². The first-order chi connectivity index (χ1) is 14.4. The zero-order chi connectivity index (χ0) is 21.3. The summed E-state index contributed by atoms with van der Waals surface area (Å²) in [4.78, 5) is 38.7. The molecule has 2 heterocycles. The second-order valence-corrected chi connectivity index (χ2v) is 10.1. The first-order valence-corrected chi connectivity index (χ1v) is 12.0. The highest BCUT2D eigenvalue weighted by molar-refractivity contribution is 8.19. The molecule has 1 atom stereocenters. The van der Waals surface area contributed by atoms with E-state index >= 15 is 0 Å². The van der Waals surface area contributed by atoms with Crippen molar-refractivity contribution in [2.75, 3.05) is 23.0 Å². The molecule has 7 heteroatoms. The van der Waals surface area contributed by atoms with E-state index < -0.39 is 12.1 Å². The number of nitrogens with zero attached hydrogens (tertiary/aromatic N) is 1. The number of thioether (sulfide) groups is 2. The van der Waals surface area contributed by atoms with E-state index in [9.17, 15) is 14.4 Å². The molecule has 0 bridgehead atoms. The van der Waals surface area contributed by atoms with E-state index in [-0.39, 0.29) is 11.7 Å². The van der Waals surface area contributed by atoms with Crippen molar-refractivity contribution in [3.63, 3.8) is 0 Å². The SMILES string of the molecule is CC(=O)N1CCc2cc(C(=O)C(C)OC(=O)c3ccc(C4SCCS4)cc3)ccc21. The minimum absolute atomic E-state index is 0.00809. The number of ether oxygens (including phenoxy) is 1. The van der Waals surface area contributed by atoms with Crippen molar-refractivity contribution >= 4 is 46.9 Å². The molecule has 0 radical (unpaired) electrons. The van der Waals surface area contributed by atoms with E-state index in [1.165, 1.54) is 12.5 Å². The summed E-state index contributed by atoms with van der Waals surface area (Å²) in [6, 6.07) is 12.7. The number of ketones is 1. The summed E-state index contributed by atoms with van der Waals surface area (Å²) >= 11 is 3.82.